The minimum absolute atomic E-state index is 0.0127. The zero-order valence-electron chi connectivity index (χ0n) is 9.87. The summed E-state index contributed by atoms with van der Waals surface area (Å²) in [7, 11) is -1.05. The van der Waals surface area contributed by atoms with Crippen LogP contribution in [0.2, 0.25) is 0 Å². The van der Waals surface area contributed by atoms with E-state index >= 15 is 0 Å². The Morgan fingerprint density at radius 2 is 2.12 bits per heavy atom. The van der Waals surface area contributed by atoms with Crippen LogP contribution < -0.4 is 5.32 Å². The third kappa shape index (κ3) is 2.76. The van der Waals surface area contributed by atoms with Crippen LogP contribution in [0.4, 0.5) is 0 Å². The average Bonchev–Trinajstić information content (AvgIpc) is 2.15. The maximum absolute atomic E-state index is 11.5. The van der Waals surface area contributed by atoms with Gasteiger partial charge in [-0.25, -0.2) is 8.42 Å². The lowest BCUT2D eigenvalue weighted by molar-refractivity contribution is -0.0706. The van der Waals surface area contributed by atoms with Gasteiger partial charge >= 0.3 is 0 Å². The van der Waals surface area contributed by atoms with Crippen molar-refractivity contribution in [2.45, 2.75) is 43.7 Å². The molecule has 0 amide bonds. The highest BCUT2D eigenvalue weighted by Gasteiger charge is 2.37. The summed E-state index contributed by atoms with van der Waals surface area (Å²) >= 11 is 0. The van der Waals surface area contributed by atoms with Crippen LogP contribution in [0, 0.1) is 0 Å². The molecule has 1 aliphatic carbocycles. The molecular formula is C11H21NO3S. The molecule has 4 nitrogen and oxygen atoms in total. The van der Waals surface area contributed by atoms with Crippen LogP contribution in [0.25, 0.3) is 0 Å². The first kappa shape index (κ1) is 12.3. The van der Waals surface area contributed by atoms with Gasteiger partial charge in [-0.2, -0.15) is 0 Å². The van der Waals surface area contributed by atoms with E-state index in [-0.39, 0.29) is 11.6 Å². The number of rotatable bonds is 4. The predicted molar refractivity (Wildman–Crippen MR) is 63.3 cm³/mol. The lowest BCUT2D eigenvalue weighted by Crippen LogP contribution is -2.52. The molecule has 0 aromatic rings. The summed E-state index contributed by atoms with van der Waals surface area (Å²) in [6.45, 7) is 0.795. The van der Waals surface area contributed by atoms with Gasteiger partial charge in [0.25, 0.3) is 0 Å². The molecule has 0 radical (unpaired) electrons. The first-order valence-corrected chi connectivity index (χ1v) is 7.86. The molecule has 2 rings (SSSR count). The maximum Gasteiger partial charge on any atom is 0.151 e. The van der Waals surface area contributed by atoms with Gasteiger partial charge in [-0.05, 0) is 32.1 Å². The van der Waals surface area contributed by atoms with E-state index in [0.717, 1.165) is 32.2 Å². The molecule has 0 aromatic carbocycles. The minimum Gasteiger partial charge on any atom is -0.377 e. The standard InChI is InChI=1S/C11H21NO3S/c1-15-11(5-3-6-11)9-12-10-4-2-7-16(13,14)8-10/h10,12H,2-9H2,1H3. The molecule has 2 aliphatic rings. The summed E-state index contributed by atoms with van der Waals surface area (Å²) < 4.78 is 28.4. The van der Waals surface area contributed by atoms with Gasteiger partial charge in [-0.15, -0.1) is 0 Å². The molecule has 1 saturated carbocycles. The molecule has 1 saturated heterocycles. The fourth-order valence-corrected chi connectivity index (χ4v) is 4.21. The summed E-state index contributed by atoms with van der Waals surface area (Å²) in [5.74, 6) is 0.660. The average molecular weight is 247 g/mol. The smallest absolute Gasteiger partial charge is 0.151 e. The van der Waals surface area contributed by atoms with Crippen molar-refractivity contribution >= 4 is 9.84 Å². The molecule has 0 spiro atoms. The number of sulfone groups is 1. The van der Waals surface area contributed by atoms with Gasteiger partial charge in [0.05, 0.1) is 17.1 Å². The van der Waals surface area contributed by atoms with Gasteiger partial charge in [-0.1, -0.05) is 0 Å². The Kier molecular flexibility index (Phi) is 3.56. The monoisotopic (exact) mass is 247 g/mol. The number of hydrogen-bond donors (Lipinski definition) is 1. The van der Waals surface area contributed by atoms with Gasteiger partial charge in [0.2, 0.25) is 0 Å². The SMILES string of the molecule is COC1(CNC2CCCS(=O)(=O)C2)CCC1. The second kappa shape index (κ2) is 4.63. The second-order valence-corrected chi connectivity index (χ2v) is 7.30. The molecule has 0 bridgehead atoms. The van der Waals surface area contributed by atoms with Gasteiger partial charge in [0.15, 0.2) is 9.84 Å². The first-order valence-electron chi connectivity index (χ1n) is 6.04. The molecule has 1 unspecified atom stereocenters. The van der Waals surface area contributed by atoms with Gasteiger partial charge in [-0.3, -0.25) is 0 Å². The molecule has 1 N–H and O–H groups in total. The van der Waals surface area contributed by atoms with Crippen molar-refractivity contribution in [3.63, 3.8) is 0 Å². The zero-order chi connectivity index (χ0) is 11.6. The van der Waals surface area contributed by atoms with Crippen LogP contribution in [0.3, 0.4) is 0 Å². The Bertz CT molecular complexity index is 330. The third-order valence-corrected chi connectivity index (χ3v) is 5.69. The third-order valence-electron chi connectivity index (χ3n) is 3.87. The van der Waals surface area contributed by atoms with Crippen LogP contribution in [-0.4, -0.2) is 45.2 Å². The first-order chi connectivity index (χ1) is 7.55. The molecule has 1 heterocycles. The van der Waals surface area contributed by atoms with Gasteiger partial charge in [0.1, 0.15) is 0 Å². The van der Waals surface area contributed by atoms with Crippen molar-refractivity contribution in [2.24, 2.45) is 0 Å². The maximum atomic E-state index is 11.5. The fourth-order valence-electron chi connectivity index (χ4n) is 2.54. The predicted octanol–water partition coefficient (Wildman–Crippen LogP) is 0.722. The molecule has 5 heteroatoms. The number of nitrogens with one attached hydrogen (secondary N) is 1. The topological polar surface area (TPSA) is 55.4 Å². The number of ether oxygens (including phenoxy) is 1. The molecule has 16 heavy (non-hydrogen) atoms. The summed E-state index contributed by atoms with van der Waals surface area (Å²) in [6, 6.07) is 0.131. The Morgan fingerprint density at radius 1 is 1.38 bits per heavy atom. The Hall–Kier alpha value is -0.130. The molecule has 0 aromatic heterocycles. The van der Waals surface area contributed by atoms with E-state index in [9.17, 15) is 8.42 Å². The van der Waals surface area contributed by atoms with E-state index < -0.39 is 9.84 Å². The molecule has 1 atom stereocenters. The Labute approximate surface area is 97.7 Å². The van der Waals surface area contributed by atoms with Crippen LogP contribution in [0.15, 0.2) is 0 Å². The van der Waals surface area contributed by atoms with E-state index in [1.807, 2.05) is 0 Å². The fraction of sp³-hybridized carbons (Fsp3) is 1.00. The van der Waals surface area contributed by atoms with Crippen LogP contribution in [-0.2, 0) is 14.6 Å². The van der Waals surface area contributed by atoms with E-state index in [1.165, 1.54) is 6.42 Å². The van der Waals surface area contributed by atoms with Crippen molar-refractivity contribution in [1.29, 1.82) is 0 Å². The molecule has 94 valence electrons. The number of hydrogen-bond acceptors (Lipinski definition) is 4. The summed E-state index contributed by atoms with van der Waals surface area (Å²) in [4.78, 5) is 0. The highest BCUT2D eigenvalue weighted by atomic mass is 32.2. The van der Waals surface area contributed by atoms with Gasteiger partial charge in [0, 0.05) is 19.7 Å². The van der Waals surface area contributed by atoms with Crippen molar-refractivity contribution in [3.05, 3.63) is 0 Å². The molecular weight excluding hydrogens is 226 g/mol. The lowest BCUT2D eigenvalue weighted by Gasteiger charge is -2.41. The zero-order valence-corrected chi connectivity index (χ0v) is 10.7. The summed E-state index contributed by atoms with van der Waals surface area (Å²) in [5.41, 5.74) is -0.0127. The van der Waals surface area contributed by atoms with E-state index in [1.54, 1.807) is 7.11 Å². The molecule has 2 fully saturated rings. The van der Waals surface area contributed by atoms with Crippen molar-refractivity contribution in [2.75, 3.05) is 25.2 Å². The normalized spacial score (nSPS) is 31.9. The highest BCUT2D eigenvalue weighted by molar-refractivity contribution is 7.91. The van der Waals surface area contributed by atoms with E-state index in [2.05, 4.69) is 5.32 Å². The largest absolute Gasteiger partial charge is 0.377 e. The van der Waals surface area contributed by atoms with Crippen molar-refractivity contribution in [1.82, 2.24) is 5.32 Å². The molecule has 1 aliphatic heterocycles. The quantitative estimate of drug-likeness (QED) is 0.795. The van der Waals surface area contributed by atoms with E-state index in [0.29, 0.717) is 11.5 Å². The van der Waals surface area contributed by atoms with Crippen molar-refractivity contribution in [3.8, 4) is 0 Å². The van der Waals surface area contributed by atoms with Crippen LogP contribution >= 0.6 is 0 Å². The van der Waals surface area contributed by atoms with Crippen molar-refractivity contribution < 1.29 is 13.2 Å². The number of methoxy groups -OCH3 is 1. The minimum atomic E-state index is -2.80. The Morgan fingerprint density at radius 3 is 2.62 bits per heavy atom. The van der Waals surface area contributed by atoms with Gasteiger partial charge < -0.3 is 10.1 Å². The van der Waals surface area contributed by atoms with E-state index in [4.69, 9.17) is 4.74 Å². The lowest BCUT2D eigenvalue weighted by atomic mass is 9.80. The highest BCUT2D eigenvalue weighted by Crippen LogP contribution is 2.34. The van der Waals surface area contributed by atoms with Crippen LogP contribution in [0.1, 0.15) is 32.1 Å². The Balaban J connectivity index is 1.81. The second-order valence-electron chi connectivity index (χ2n) is 5.08. The summed E-state index contributed by atoms with van der Waals surface area (Å²) in [6.07, 6.45) is 5.17. The van der Waals surface area contributed by atoms with Crippen LogP contribution in [0.5, 0.6) is 0 Å². The summed E-state index contributed by atoms with van der Waals surface area (Å²) in [5, 5.41) is 3.37.